The van der Waals surface area contributed by atoms with E-state index in [1.54, 1.807) is 12.1 Å². The van der Waals surface area contributed by atoms with Crippen molar-refractivity contribution in [3.05, 3.63) is 63.2 Å². The van der Waals surface area contributed by atoms with Crippen molar-refractivity contribution >= 4 is 28.9 Å². The number of nitro groups is 1. The third-order valence-corrected chi connectivity index (χ3v) is 3.34. The molecule has 23 heavy (non-hydrogen) atoms. The summed E-state index contributed by atoms with van der Waals surface area (Å²) in [7, 11) is 0. The molecule has 0 radical (unpaired) electrons. The van der Waals surface area contributed by atoms with Crippen molar-refractivity contribution in [3.63, 3.8) is 0 Å². The second-order valence-electron chi connectivity index (χ2n) is 4.98. The van der Waals surface area contributed by atoms with Crippen molar-refractivity contribution in [3.8, 4) is 5.75 Å². The number of nitrogens with one attached hydrogen (secondary N) is 1. The van der Waals surface area contributed by atoms with E-state index in [1.807, 2.05) is 19.1 Å². The van der Waals surface area contributed by atoms with Crippen LogP contribution in [0.5, 0.6) is 5.75 Å². The lowest BCUT2D eigenvalue weighted by Gasteiger charge is -2.15. The van der Waals surface area contributed by atoms with Crippen molar-refractivity contribution in [1.82, 2.24) is 0 Å². The van der Waals surface area contributed by atoms with Gasteiger partial charge < -0.3 is 10.1 Å². The van der Waals surface area contributed by atoms with Gasteiger partial charge in [-0.05, 0) is 38.1 Å². The van der Waals surface area contributed by atoms with Gasteiger partial charge in [-0.1, -0.05) is 29.3 Å². The summed E-state index contributed by atoms with van der Waals surface area (Å²) in [5, 5.41) is 13.9. The highest BCUT2D eigenvalue weighted by Crippen LogP contribution is 2.30. The minimum Gasteiger partial charge on any atom is -0.474 e. The van der Waals surface area contributed by atoms with E-state index >= 15 is 0 Å². The molecule has 0 saturated carbocycles. The molecule has 0 aliphatic carbocycles. The first kappa shape index (κ1) is 16.8. The smallest absolute Gasteiger partial charge is 0.312 e. The second kappa shape index (κ2) is 7.11. The summed E-state index contributed by atoms with van der Waals surface area (Å²) >= 11 is 5.74. The Kier molecular flexibility index (Phi) is 5.18. The summed E-state index contributed by atoms with van der Waals surface area (Å²) in [5.41, 5.74) is 1.42. The summed E-state index contributed by atoms with van der Waals surface area (Å²) in [6.07, 6.45) is -0.906. The number of anilines is 1. The van der Waals surface area contributed by atoms with Crippen molar-refractivity contribution in [2.24, 2.45) is 0 Å². The number of ether oxygens (including phenoxy) is 1. The van der Waals surface area contributed by atoms with E-state index in [9.17, 15) is 14.9 Å². The van der Waals surface area contributed by atoms with Crippen LogP contribution < -0.4 is 10.1 Å². The molecule has 2 aromatic carbocycles. The Bertz CT molecular complexity index is 731. The lowest BCUT2D eigenvalue weighted by Crippen LogP contribution is -2.30. The molecular weight excluding hydrogens is 320 g/mol. The summed E-state index contributed by atoms with van der Waals surface area (Å²) in [4.78, 5) is 22.5. The Morgan fingerprint density at radius 1 is 1.26 bits per heavy atom. The van der Waals surface area contributed by atoms with Gasteiger partial charge in [0, 0.05) is 16.8 Å². The number of halogens is 1. The highest BCUT2D eigenvalue weighted by Gasteiger charge is 2.21. The molecule has 1 N–H and O–H groups in total. The summed E-state index contributed by atoms with van der Waals surface area (Å²) in [6.45, 7) is 3.46. The van der Waals surface area contributed by atoms with Crippen molar-refractivity contribution in [2.75, 3.05) is 5.32 Å². The molecule has 0 bridgehead atoms. The van der Waals surface area contributed by atoms with Crippen LogP contribution >= 0.6 is 11.6 Å². The molecule has 0 aromatic heterocycles. The molecule has 0 heterocycles. The van der Waals surface area contributed by atoms with E-state index in [1.165, 1.54) is 25.1 Å². The predicted molar refractivity (Wildman–Crippen MR) is 88.0 cm³/mol. The van der Waals surface area contributed by atoms with Crippen LogP contribution in [0.15, 0.2) is 42.5 Å². The van der Waals surface area contributed by atoms with E-state index in [-0.39, 0.29) is 16.5 Å². The Labute approximate surface area is 138 Å². The first-order valence-electron chi connectivity index (χ1n) is 6.85. The predicted octanol–water partition coefficient (Wildman–Crippen LogP) is 3.96. The van der Waals surface area contributed by atoms with Crippen LogP contribution in [0, 0.1) is 17.0 Å². The van der Waals surface area contributed by atoms with E-state index < -0.39 is 16.9 Å². The first-order chi connectivity index (χ1) is 10.9. The summed E-state index contributed by atoms with van der Waals surface area (Å²) in [6, 6.07) is 11.3. The zero-order chi connectivity index (χ0) is 17.0. The second-order valence-corrected chi connectivity index (χ2v) is 5.42. The number of hydrogen-bond acceptors (Lipinski definition) is 4. The number of rotatable bonds is 5. The standard InChI is InChI=1S/C16H15ClN2O4/c1-10-3-6-13(7-4-10)18-16(20)11(2)23-15-8-5-12(17)9-14(15)19(21)22/h3-9,11H,1-2H3,(H,18,20)/t11-/m1/s1. The van der Waals surface area contributed by atoms with Crippen molar-refractivity contribution in [1.29, 1.82) is 0 Å². The number of benzene rings is 2. The maximum atomic E-state index is 12.1. The molecule has 0 saturated heterocycles. The molecule has 1 atom stereocenters. The number of nitrogens with zero attached hydrogens (tertiary/aromatic N) is 1. The van der Waals surface area contributed by atoms with Gasteiger partial charge in [-0.15, -0.1) is 0 Å². The largest absolute Gasteiger partial charge is 0.474 e. The number of carbonyl (C=O) groups is 1. The molecule has 2 aromatic rings. The van der Waals surface area contributed by atoms with Gasteiger partial charge in [-0.3, -0.25) is 14.9 Å². The van der Waals surface area contributed by atoms with Crippen LogP contribution in [0.25, 0.3) is 0 Å². The van der Waals surface area contributed by atoms with Gasteiger partial charge >= 0.3 is 5.69 Å². The van der Waals surface area contributed by atoms with E-state index in [4.69, 9.17) is 16.3 Å². The topological polar surface area (TPSA) is 81.5 Å². The molecular formula is C16H15ClN2O4. The Balaban J connectivity index is 2.09. The van der Waals surface area contributed by atoms with Gasteiger partial charge in [0.1, 0.15) is 0 Å². The van der Waals surface area contributed by atoms with Gasteiger partial charge in [0.15, 0.2) is 11.9 Å². The van der Waals surface area contributed by atoms with Crippen molar-refractivity contribution < 1.29 is 14.5 Å². The number of hydrogen-bond donors (Lipinski definition) is 1. The fourth-order valence-electron chi connectivity index (χ4n) is 1.86. The Hall–Kier alpha value is -2.60. The minimum atomic E-state index is -0.906. The highest BCUT2D eigenvalue weighted by atomic mass is 35.5. The molecule has 1 amide bonds. The highest BCUT2D eigenvalue weighted by molar-refractivity contribution is 6.30. The van der Waals surface area contributed by atoms with Crippen LogP contribution in [0.1, 0.15) is 12.5 Å². The maximum absolute atomic E-state index is 12.1. The number of aryl methyl sites for hydroxylation is 1. The number of amides is 1. The minimum absolute atomic E-state index is 0.00837. The van der Waals surface area contributed by atoms with Gasteiger partial charge in [-0.25, -0.2) is 0 Å². The van der Waals surface area contributed by atoms with Gasteiger partial charge in [-0.2, -0.15) is 0 Å². The maximum Gasteiger partial charge on any atom is 0.312 e. The van der Waals surface area contributed by atoms with Gasteiger partial charge in [0.25, 0.3) is 5.91 Å². The molecule has 120 valence electrons. The van der Waals surface area contributed by atoms with E-state index in [0.29, 0.717) is 5.69 Å². The van der Waals surface area contributed by atoms with Gasteiger partial charge in [0.05, 0.1) is 4.92 Å². The lowest BCUT2D eigenvalue weighted by atomic mass is 10.2. The molecule has 0 unspecified atom stereocenters. The Morgan fingerprint density at radius 3 is 2.52 bits per heavy atom. The van der Waals surface area contributed by atoms with Crippen LogP contribution in [0.4, 0.5) is 11.4 Å². The molecule has 0 spiro atoms. The third-order valence-electron chi connectivity index (χ3n) is 3.11. The molecule has 6 nitrogen and oxygen atoms in total. The summed E-state index contributed by atoms with van der Waals surface area (Å²) in [5.74, 6) is -0.413. The average Bonchev–Trinajstić information content (AvgIpc) is 2.51. The van der Waals surface area contributed by atoms with Crippen LogP contribution in [-0.2, 0) is 4.79 Å². The quantitative estimate of drug-likeness (QED) is 0.662. The van der Waals surface area contributed by atoms with Crippen LogP contribution in [0.2, 0.25) is 5.02 Å². The molecule has 0 fully saturated rings. The Morgan fingerprint density at radius 2 is 1.91 bits per heavy atom. The molecule has 0 aliphatic rings. The molecule has 7 heteroatoms. The molecule has 0 aliphatic heterocycles. The van der Waals surface area contributed by atoms with Crippen molar-refractivity contribution in [2.45, 2.75) is 20.0 Å². The van der Waals surface area contributed by atoms with Crippen LogP contribution in [-0.4, -0.2) is 16.9 Å². The van der Waals surface area contributed by atoms with Crippen LogP contribution in [0.3, 0.4) is 0 Å². The average molecular weight is 335 g/mol. The fraction of sp³-hybridized carbons (Fsp3) is 0.188. The lowest BCUT2D eigenvalue weighted by molar-refractivity contribution is -0.386. The zero-order valence-corrected chi connectivity index (χ0v) is 13.3. The third kappa shape index (κ3) is 4.43. The monoisotopic (exact) mass is 334 g/mol. The van der Waals surface area contributed by atoms with E-state index in [0.717, 1.165) is 5.56 Å². The van der Waals surface area contributed by atoms with Gasteiger partial charge in [0.2, 0.25) is 0 Å². The van der Waals surface area contributed by atoms with E-state index in [2.05, 4.69) is 5.32 Å². The molecule has 2 rings (SSSR count). The summed E-state index contributed by atoms with van der Waals surface area (Å²) < 4.78 is 5.41. The number of nitro benzene ring substituents is 1. The zero-order valence-electron chi connectivity index (χ0n) is 12.6. The normalized spacial score (nSPS) is 11.6. The first-order valence-corrected chi connectivity index (χ1v) is 7.23. The SMILES string of the molecule is Cc1ccc(NC(=O)[C@@H](C)Oc2ccc(Cl)cc2[N+](=O)[O-])cc1. The number of carbonyl (C=O) groups excluding carboxylic acids is 1. The fourth-order valence-corrected chi connectivity index (χ4v) is 2.02.